The minimum atomic E-state index is -0.154. The van der Waals surface area contributed by atoms with Gasteiger partial charge < -0.3 is 14.0 Å². The SMILES string of the molecule is COc1ccc(OC)c(-c2csc(NC(=O)c3cc(C)n(C(C)C)c3C)n2)c1. The van der Waals surface area contributed by atoms with E-state index in [-0.39, 0.29) is 5.91 Å². The molecular formula is C21H25N3O3S. The number of ether oxygens (including phenoxy) is 2. The second kappa shape index (κ2) is 8.06. The minimum Gasteiger partial charge on any atom is -0.497 e. The molecule has 3 rings (SSSR count). The molecule has 28 heavy (non-hydrogen) atoms. The van der Waals surface area contributed by atoms with Crippen LogP contribution < -0.4 is 14.8 Å². The van der Waals surface area contributed by atoms with E-state index < -0.39 is 0 Å². The van der Waals surface area contributed by atoms with Crippen molar-refractivity contribution in [2.45, 2.75) is 33.7 Å². The molecule has 0 fully saturated rings. The number of anilines is 1. The Kier molecular flexibility index (Phi) is 5.74. The minimum absolute atomic E-state index is 0.154. The molecule has 7 heteroatoms. The van der Waals surface area contributed by atoms with Crippen molar-refractivity contribution in [1.29, 1.82) is 0 Å². The molecule has 148 valence electrons. The van der Waals surface area contributed by atoms with Crippen LogP contribution in [0.25, 0.3) is 11.3 Å². The molecule has 0 saturated heterocycles. The van der Waals surface area contributed by atoms with Crippen LogP contribution in [0, 0.1) is 13.8 Å². The second-order valence-corrected chi connectivity index (χ2v) is 7.66. The lowest BCUT2D eigenvalue weighted by Crippen LogP contribution is -2.13. The Hall–Kier alpha value is -2.80. The summed E-state index contributed by atoms with van der Waals surface area (Å²) < 4.78 is 12.9. The smallest absolute Gasteiger partial charge is 0.259 e. The Labute approximate surface area is 169 Å². The highest BCUT2D eigenvalue weighted by Gasteiger charge is 2.19. The first kappa shape index (κ1) is 19.9. The number of aromatic nitrogens is 2. The number of thiazole rings is 1. The maximum atomic E-state index is 12.8. The highest BCUT2D eigenvalue weighted by atomic mass is 32.1. The van der Waals surface area contributed by atoms with Crippen molar-refractivity contribution >= 4 is 22.4 Å². The summed E-state index contributed by atoms with van der Waals surface area (Å²) in [7, 11) is 3.23. The zero-order valence-electron chi connectivity index (χ0n) is 17.0. The molecule has 0 spiro atoms. The van der Waals surface area contributed by atoms with Gasteiger partial charge in [-0.3, -0.25) is 10.1 Å². The number of hydrogen-bond acceptors (Lipinski definition) is 5. The molecule has 0 aliphatic heterocycles. The van der Waals surface area contributed by atoms with E-state index in [4.69, 9.17) is 9.47 Å². The quantitative estimate of drug-likeness (QED) is 0.628. The van der Waals surface area contributed by atoms with Crippen LogP contribution in [-0.2, 0) is 0 Å². The number of hydrogen-bond donors (Lipinski definition) is 1. The molecule has 0 bridgehead atoms. The summed E-state index contributed by atoms with van der Waals surface area (Å²) in [6.07, 6.45) is 0. The Morgan fingerprint density at radius 2 is 1.93 bits per heavy atom. The number of rotatable bonds is 6. The molecule has 2 aromatic heterocycles. The summed E-state index contributed by atoms with van der Waals surface area (Å²) in [4.78, 5) is 17.4. The monoisotopic (exact) mass is 399 g/mol. The van der Waals surface area contributed by atoms with Crippen LogP contribution in [0.1, 0.15) is 41.6 Å². The zero-order valence-corrected chi connectivity index (χ0v) is 17.8. The summed E-state index contributed by atoms with van der Waals surface area (Å²) in [6, 6.07) is 7.77. The van der Waals surface area contributed by atoms with Crippen LogP contribution in [0.5, 0.6) is 11.5 Å². The number of nitrogens with zero attached hydrogens (tertiary/aromatic N) is 2. The third-order valence-electron chi connectivity index (χ3n) is 4.65. The molecular weight excluding hydrogens is 374 g/mol. The molecule has 6 nitrogen and oxygen atoms in total. The molecule has 2 heterocycles. The molecule has 1 N–H and O–H groups in total. The fourth-order valence-corrected chi connectivity index (χ4v) is 4.14. The molecule has 3 aromatic rings. The number of amides is 1. The van der Waals surface area contributed by atoms with Gasteiger partial charge in [0, 0.05) is 28.4 Å². The van der Waals surface area contributed by atoms with Crippen LogP contribution in [0.2, 0.25) is 0 Å². The van der Waals surface area contributed by atoms with E-state index >= 15 is 0 Å². The van der Waals surface area contributed by atoms with E-state index in [1.807, 2.05) is 43.5 Å². The molecule has 1 aromatic carbocycles. The lowest BCUT2D eigenvalue weighted by Gasteiger charge is -2.13. The van der Waals surface area contributed by atoms with E-state index in [1.54, 1.807) is 14.2 Å². The lowest BCUT2D eigenvalue weighted by atomic mass is 10.1. The first-order valence-electron chi connectivity index (χ1n) is 9.03. The molecule has 1 amide bonds. The number of aryl methyl sites for hydroxylation is 1. The first-order valence-corrected chi connectivity index (χ1v) is 9.91. The van der Waals surface area contributed by atoms with Gasteiger partial charge in [-0.1, -0.05) is 0 Å². The number of carbonyl (C=O) groups excluding carboxylic acids is 1. The van der Waals surface area contributed by atoms with Crippen LogP contribution in [-0.4, -0.2) is 29.7 Å². The van der Waals surface area contributed by atoms with Crippen molar-refractivity contribution in [1.82, 2.24) is 9.55 Å². The Bertz CT molecular complexity index is 1000. The Morgan fingerprint density at radius 3 is 2.54 bits per heavy atom. The predicted molar refractivity (Wildman–Crippen MR) is 113 cm³/mol. The van der Waals surface area contributed by atoms with Gasteiger partial charge in [-0.15, -0.1) is 11.3 Å². The standard InChI is InChI=1S/C21H25N3O3S/c1-12(2)24-13(3)9-16(14(24)4)20(25)23-21-22-18(11-28-21)17-10-15(26-5)7-8-19(17)27-6/h7-12H,1-6H3,(H,22,23,25). The summed E-state index contributed by atoms with van der Waals surface area (Å²) in [5, 5.41) is 5.35. The van der Waals surface area contributed by atoms with Crippen molar-refractivity contribution in [3.8, 4) is 22.8 Å². The number of methoxy groups -OCH3 is 2. The number of nitrogens with one attached hydrogen (secondary N) is 1. The highest BCUT2D eigenvalue weighted by molar-refractivity contribution is 7.14. The van der Waals surface area contributed by atoms with E-state index in [0.29, 0.717) is 22.5 Å². The van der Waals surface area contributed by atoms with Crippen molar-refractivity contribution in [3.05, 3.63) is 46.6 Å². The van der Waals surface area contributed by atoms with E-state index in [1.165, 1.54) is 11.3 Å². The number of benzene rings is 1. The average Bonchev–Trinajstić information content (AvgIpc) is 3.24. The van der Waals surface area contributed by atoms with Gasteiger partial charge in [-0.2, -0.15) is 0 Å². The van der Waals surface area contributed by atoms with Crippen molar-refractivity contribution in [3.63, 3.8) is 0 Å². The topological polar surface area (TPSA) is 65.4 Å². The number of carbonyl (C=O) groups is 1. The van der Waals surface area contributed by atoms with Crippen molar-refractivity contribution in [2.24, 2.45) is 0 Å². The molecule has 0 saturated carbocycles. The summed E-state index contributed by atoms with van der Waals surface area (Å²) in [5.41, 5.74) is 4.23. The fraction of sp³-hybridized carbons (Fsp3) is 0.333. The largest absolute Gasteiger partial charge is 0.497 e. The van der Waals surface area contributed by atoms with Crippen molar-refractivity contribution in [2.75, 3.05) is 19.5 Å². The average molecular weight is 400 g/mol. The molecule has 0 aliphatic rings. The first-order chi connectivity index (χ1) is 13.3. The Balaban J connectivity index is 1.86. The van der Waals surface area contributed by atoms with Crippen LogP contribution in [0.4, 0.5) is 5.13 Å². The normalized spacial score (nSPS) is 11.0. The van der Waals surface area contributed by atoms with Crippen molar-refractivity contribution < 1.29 is 14.3 Å². The van der Waals surface area contributed by atoms with Gasteiger partial charge in [-0.25, -0.2) is 4.98 Å². The predicted octanol–water partition coefficient (Wildman–Crippen LogP) is 5.08. The molecule has 0 unspecified atom stereocenters. The fourth-order valence-electron chi connectivity index (χ4n) is 3.44. The van der Waals surface area contributed by atoms with E-state index in [0.717, 1.165) is 28.4 Å². The van der Waals surface area contributed by atoms with Gasteiger partial charge in [0.05, 0.1) is 25.5 Å². The van der Waals surface area contributed by atoms with Gasteiger partial charge in [-0.05, 0) is 52.0 Å². The van der Waals surface area contributed by atoms with Crippen LogP contribution in [0.15, 0.2) is 29.6 Å². The maximum Gasteiger partial charge on any atom is 0.259 e. The van der Waals surface area contributed by atoms with Gasteiger partial charge in [0.2, 0.25) is 0 Å². The second-order valence-electron chi connectivity index (χ2n) is 6.81. The Morgan fingerprint density at radius 1 is 1.18 bits per heavy atom. The summed E-state index contributed by atoms with van der Waals surface area (Å²) in [6.45, 7) is 8.20. The molecule has 0 atom stereocenters. The van der Waals surface area contributed by atoms with E-state index in [2.05, 4.69) is 28.7 Å². The zero-order chi connectivity index (χ0) is 20.4. The van der Waals surface area contributed by atoms with Gasteiger partial charge in [0.25, 0.3) is 5.91 Å². The maximum absolute atomic E-state index is 12.8. The summed E-state index contributed by atoms with van der Waals surface area (Å²) >= 11 is 1.38. The van der Waals surface area contributed by atoms with Gasteiger partial charge in [0.1, 0.15) is 11.5 Å². The highest BCUT2D eigenvalue weighted by Crippen LogP contribution is 2.35. The lowest BCUT2D eigenvalue weighted by molar-refractivity contribution is 0.102. The van der Waals surface area contributed by atoms with E-state index in [9.17, 15) is 4.79 Å². The van der Waals surface area contributed by atoms with Crippen LogP contribution in [0.3, 0.4) is 0 Å². The third kappa shape index (κ3) is 3.75. The van der Waals surface area contributed by atoms with Gasteiger partial charge >= 0.3 is 0 Å². The van der Waals surface area contributed by atoms with Gasteiger partial charge in [0.15, 0.2) is 5.13 Å². The van der Waals surface area contributed by atoms with Crippen LogP contribution >= 0.6 is 11.3 Å². The summed E-state index contributed by atoms with van der Waals surface area (Å²) in [5.74, 6) is 1.26. The molecule has 0 radical (unpaired) electrons. The third-order valence-corrected chi connectivity index (χ3v) is 5.41. The molecule has 0 aliphatic carbocycles.